The number of hydrazone groups is 1. The van der Waals surface area contributed by atoms with Crippen molar-refractivity contribution < 1.29 is 36.7 Å². The molecule has 3 atom stereocenters. The van der Waals surface area contributed by atoms with Crippen molar-refractivity contribution in [2.45, 2.75) is 31.6 Å². The SMILES string of the molecule is C[C@@H](COCCC(=O)N1CCN2c3ncc(F)cc3N(C)C(=O)[C@H]2C1)N=C1C=NNC(=O)C1C(F)(F)F. The molecule has 0 aliphatic carbocycles. The number of carbonyl (C=O) groups is 3. The Kier molecular flexibility index (Phi) is 7.43. The van der Waals surface area contributed by atoms with Crippen LogP contribution in [0.5, 0.6) is 0 Å². The maximum Gasteiger partial charge on any atom is 0.406 e. The number of fused-ring (bicyclic) bond motifs is 3. The van der Waals surface area contributed by atoms with E-state index >= 15 is 0 Å². The van der Waals surface area contributed by atoms with Gasteiger partial charge in [-0.1, -0.05) is 0 Å². The van der Waals surface area contributed by atoms with Crippen LogP contribution in [0.25, 0.3) is 0 Å². The van der Waals surface area contributed by atoms with Crippen molar-refractivity contribution in [1.29, 1.82) is 0 Å². The van der Waals surface area contributed by atoms with E-state index in [0.717, 1.165) is 12.4 Å². The van der Waals surface area contributed by atoms with Crippen LogP contribution >= 0.6 is 0 Å². The zero-order valence-electron chi connectivity index (χ0n) is 20.0. The monoisotopic (exact) mass is 527 g/mol. The number of hydrogen-bond acceptors (Lipinski definition) is 8. The molecule has 1 N–H and O–H groups in total. The van der Waals surface area contributed by atoms with E-state index < -0.39 is 41.6 Å². The number of halogens is 4. The minimum Gasteiger partial charge on any atom is -0.379 e. The Bertz CT molecular complexity index is 1140. The van der Waals surface area contributed by atoms with E-state index in [1.54, 1.807) is 15.2 Å². The van der Waals surface area contributed by atoms with Gasteiger partial charge in [-0.05, 0) is 6.92 Å². The normalized spacial score (nSPS) is 23.6. The maximum atomic E-state index is 13.6. The summed E-state index contributed by atoms with van der Waals surface area (Å²) in [6.45, 7) is 2.24. The van der Waals surface area contributed by atoms with E-state index in [-0.39, 0.29) is 38.0 Å². The van der Waals surface area contributed by atoms with Crippen LogP contribution in [0.3, 0.4) is 0 Å². The number of nitrogens with one attached hydrogen (secondary N) is 1. The minimum absolute atomic E-state index is 0.00483. The Morgan fingerprint density at radius 3 is 2.81 bits per heavy atom. The molecule has 4 rings (SSSR count). The van der Waals surface area contributed by atoms with Crippen molar-refractivity contribution >= 4 is 41.2 Å². The molecular weight excluding hydrogens is 502 g/mol. The Balaban J connectivity index is 1.28. The number of aromatic nitrogens is 1. The standard InChI is InChI=1S/C22H25F4N7O4/c1-12(29-14-9-28-30-20(35)18(14)22(24,25)26)11-37-6-3-17(34)32-4-5-33-16(10-32)21(36)31(2)15-7-13(23)8-27-19(15)33/h7-9,12,16,18H,3-6,10-11H2,1-2H3,(H,30,35)/t12-,16+,18?/m0/s1. The number of rotatable bonds is 6. The first-order valence-corrected chi connectivity index (χ1v) is 11.5. The lowest BCUT2D eigenvalue weighted by molar-refractivity contribution is -0.168. The fraction of sp³-hybridized carbons (Fsp3) is 0.545. The van der Waals surface area contributed by atoms with E-state index in [1.807, 2.05) is 0 Å². The zero-order chi connectivity index (χ0) is 26.9. The Labute approximate surface area is 209 Å². The molecule has 1 unspecified atom stereocenters. The van der Waals surface area contributed by atoms with Gasteiger partial charge in [-0.25, -0.2) is 14.8 Å². The van der Waals surface area contributed by atoms with Crippen LogP contribution in [-0.2, 0) is 19.1 Å². The number of anilines is 2. The molecule has 15 heteroatoms. The van der Waals surface area contributed by atoms with E-state index in [0.29, 0.717) is 24.6 Å². The van der Waals surface area contributed by atoms with Gasteiger partial charge < -0.3 is 19.4 Å². The number of piperazine rings is 1. The number of ether oxygens (including phenoxy) is 1. The van der Waals surface area contributed by atoms with Crippen LogP contribution in [0.1, 0.15) is 13.3 Å². The van der Waals surface area contributed by atoms with E-state index in [9.17, 15) is 31.9 Å². The number of aliphatic imine (C=N–C) groups is 1. The smallest absolute Gasteiger partial charge is 0.379 e. The molecule has 1 saturated heterocycles. The van der Waals surface area contributed by atoms with Crippen molar-refractivity contribution in [3.05, 3.63) is 18.1 Å². The van der Waals surface area contributed by atoms with Crippen molar-refractivity contribution in [3.63, 3.8) is 0 Å². The molecule has 3 aliphatic heterocycles. The second-order valence-electron chi connectivity index (χ2n) is 8.88. The van der Waals surface area contributed by atoms with Crippen LogP contribution in [0.2, 0.25) is 0 Å². The number of carbonyl (C=O) groups excluding carboxylic acids is 3. The molecule has 0 saturated carbocycles. The summed E-state index contributed by atoms with van der Waals surface area (Å²) in [6, 6.07) is -0.125. The highest BCUT2D eigenvalue weighted by molar-refractivity contribution is 6.37. The third-order valence-corrected chi connectivity index (χ3v) is 6.24. The first kappa shape index (κ1) is 26.4. The average molecular weight is 527 g/mol. The quantitative estimate of drug-likeness (QED) is 0.431. The first-order valence-electron chi connectivity index (χ1n) is 11.5. The van der Waals surface area contributed by atoms with Gasteiger partial charge in [0.1, 0.15) is 11.9 Å². The predicted octanol–water partition coefficient (Wildman–Crippen LogP) is 0.745. The maximum absolute atomic E-state index is 13.6. The van der Waals surface area contributed by atoms with Crippen LogP contribution in [0.15, 0.2) is 22.4 Å². The second kappa shape index (κ2) is 10.4. The summed E-state index contributed by atoms with van der Waals surface area (Å²) in [6.07, 6.45) is -2.88. The molecule has 3 amide bonds. The molecule has 1 aromatic rings. The topological polar surface area (TPSA) is 120 Å². The number of hydrogen-bond donors (Lipinski definition) is 1. The number of amides is 3. The highest BCUT2D eigenvalue weighted by Gasteiger charge is 2.49. The van der Waals surface area contributed by atoms with E-state index in [1.165, 1.54) is 24.9 Å². The van der Waals surface area contributed by atoms with Crippen LogP contribution in [-0.4, -0.2) is 97.7 Å². The molecule has 11 nitrogen and oxygen atoms in total. The number of alkyl halides is 3. The van der Waals surface area contributed by atoms with Crippen molar-refractivity contribution in [3.8, 4) is 0 Å². The van der Waals surface area contributed by atoms with E-state index in [4.69, 9.17) is 4.74 Å². The molecule has 37 heavy (non-hydrogen) atoms. The second-order valence-corrected chi connectivity index (χ2v) is 8.88. The van der Waals surface area contributed by atoms with Gasteiger partial charge in [-0.2, -0.15) is 18.3 Å². The molecule has 3 aliphatic rings. The van der Waals surface area contributed by atoms with Gasteiger partial charge in [0.05, 0.1) is 56.0 Å². The van der Waals surface area contributed by atoms with Gasteiger partial charge >= 0.3 is 6.18 Å². The molecule has 0 aromatic carbocycles. The highest BCUT2D eigenvalue weighted by atomic mass is 19.4. The van der Waals surface area contributed by atoms with Gasteiger partial charge in [0.25, 0.3) is 11.8 Å². The largest absolute Gasteiger partial charge is 0.406 e. The summed E-state index contributed by atoms with van der Waals surface area (Å²) < 4.78 is 58.6. The average Bonchev–Trinajstić information content (AvgIpc) is 2.84. The molecule has 0 radical (unpaired) electrons. The van der Waals surface area contributed by atoms with Crippen molar-refractivity contribution in [2.75, 3.05) is 49.7 Å². The van der Waals surface area contributed by atoms with Gasteiger partial charge in [0.15, 0.2) is 11.7 Å². The van der Waals surface area contributed by atoms with Gasteiger partial charge in [-0.3, -0.25) is 19.4 Å². The van der Waals surface area contributed by atoms with Gasteiger partial charge in [0, 0.05) is 26.2 Å². The summed E-state index contributed by atoms with van der Waals surface area (Å²) in [5.74, 6) is -4.31. The van der Waals surface area contributed by atoms with Gasteiger partial charge in [-0.15, -0.1) is 0 Å². The molecule has 200 valence electrons. The third kappa shape index (κ3) is 5.55. The fourth-order valence-corrected chi connectivity index (χ4v) is 4.43. The lowest BCUT2D eigenvalue weighted by Gasteiger charge is -2.46. The zero-order valence-corrected chi connectivity index (χ0v) is 20.0. The third-order valence-electron chi connectivity index (χ3n) is 6.24. The molecule has 1 aromatic heterocycles. The van der Waals surface area contributed by atoms with Crippen molar-refractivity contribution in [2.24, 2.45) is 16.0 Å². The van der Waals surface area contributed by atoms with Crippen LogP contribution < -0.4 is 15.2 Å². The Hall–Kier alpha value is -3.62. The lowest BCUT2D eigenvalue weighted by Crippen LogP contribution is -2.63. The summed E-state index contributed by atoms with van der Waals surface area (Å²) in [5.41, 5.74) is 1.64. The number of nitrogens with zero attached hydrogens (tertiary/aromatic N) is 6. The fourth-order valence-electron chi connectivity index (χ4n) is 4.43. The highest BCUT2D eigenvalue weighted by Crippen LogP contribution is 2.35. The molecule has 0 bridgehead atoms. The molecular formula is C22H25F4N7O4. The molecule has 4 heterocycles. The number of likely N-dealkylation sites (N-methyl/N-ethyl adjacent to an activating group) is 1. The lowest BCUT2D eigenvalue weighted by atomic mass is 10.0. The number of pyridine rings is 1. The van der Waals surface area contributed by atoms with Crippen molar-refractivity contribution in [1.82, 2.24) is 15.3 Å². The Morgan fingerprint density at radius 2 is 2.08 bits per heavy atom. The predicted molar refractivity (Wildman–Crippen MR) is 124 cm³/mol. The van der Waals surface area contributed by atoms with Crippen LogP contribution in [0, 0.1) is 11.7 Å². The Morgan fingerprint density at radius 1 is 1.32 bits per heavy atom. The van der Waals surface area contributed by atoms with Crippen LogP contribution in [0.4, 0.5) is 29.1 Å². The summed E-state index contributed by atoms with van der Waals surface area (Å²) in [7, 11) is 1.53. The summed E-state index contributed by atoms with van der Waals surface area (Å²) in [5, 5.41) is 3.39. The first-order chi connectivity index (χ1) is 17.5. The molecule has 0 spiro atoms. The van der Waals surface area contributed by atoms with E-state index in [2.05, 4.69) is 15.1 Å². The minimum atomic E-state index is -4.81. The summed E-state index contributed by atoms with van der Waals surface area (Å²) in [4.78, 5) is 49.8. The van der Waals surface area contributed by atoms with Gasteiger partial charge in [0.2, 0.25) is 5.91 Å². The molecule has 1 fully saturated rings. The summed E-state index contributed by atoms with van der Waals surface area (Å²) >= 11 is 0.